The van der Waals surface area contributed by atoms with Crippen LogP contribution in [0.15, 0.2) is 29.3 Å². The number of esters is 2. The summed E-state index contributed by atoms with van der Waals surface area (Å²) in [4.78, 5) is 28.2. The fourth-order valence-corrected chi connectivity index (χ4v) is 5.74. The van der Waals surface area contributed by atoms with Crippen LogP contribution in [0, 0.1) is 0 Å². The number of hydrogen-bond acceptors (Lipinski definition) is 6. The molecule has 0 fully saturated rings. The zero-order chi connectivity index (χ0) is 33.6. The molecule has 0 rings (SSSR count). The molecule has 0 saturated heterocycles. The molecule has 0 unspecified atom stereocenters. The van der Waals surface area contributed by atoms with Crippen molar-refractivity contribution in [2.24, 2.45) is 4.99 Å². The van der Waals surface area contributed by atoms with Crippen LogP contribution in [0.4, 0.5) is 0 Å². The largest absolute Gasteiger partial charge is 0.461 e. The first kappa shape index (κ1) is 44.2. The number of thiocarbonyl (C=S) groups is 1. The third kappa shape index (κ3) is 35.1. The summed E-state index contributed by atoms with van der Waals surface area (Å²) in [5, 5.41) is 2.62. The molecule has 0 atom stereocenters. The molecule has 0 saturated carbocycles. The molecule has 0 amide bonds. The molecule has 0 aliphatic heterocycles. The number of carbonyl (C=O) groups excluding carboxylic acids is 2. The lowest BCUT2D eigenvalue weighted by molar-refractivity contribution is -0.143. The summed E-state index contributed by atoms with van der Waals surface area (Å²) in [7, 11) is 0. The molecule has 5 nitrogen and oxygen atoms in total. The number of allylic oxidation sites excluding steroid dienone is 2. The first-order valence-corrected chi connectivity index (χ1v) is 19.7. The summed E-state index contributed by atoms with van der Waals surface area (Å²) < 4.78 is 10.6. The van der Waals surface area contributed by atoms with Gasteiger partial charge in [-0.25, -0.2) is 4.99 Å². The van der Waals surface area contributed by atoms with Crippen molar-refractivity contribution >= 4 is 29.3 Å². The summed E-state index contributed by atoms with van der Waals surface area (Å²) in [6, 6.07) is 0.321. The summed E-state index contributed by atoms with van der Waals surface area (Å²) in [5.74, 6) is -0.135. The topological polar surface area (TPSA) is 65.0 Å². The molecule has 0 bridgehead atoms. The summed E-state index contributed by atoms with van der Waals surface area (Å²) >= 11 is 4.90. The van der Waals surface area contributed by atoms with E-state index in [9.17, 15) is 9.59 Å². The van der Waals surface area contributed by atoms with Crippen LogP contribution in [0.2, 0.25) is 0 Å². The number of unbranched alkanes of at least 4 members (excludes halogenated alkanes) is 20. The second-order valence-electron chi connectivity index (χ2n) is 12.9. The van der Waals surface area contributed by atoms with Crippen molar-refractivity contribution in [1.82, 2.24) is 0 Å². The van der Waals surface area contributed by atoms with Crippen LogP contribution in [0.1, 0.15) is 194 Å². The summed E-state index contributed by atoms with van der Waals surface area (Å²) in [6.45, 7) is 5.28. The maximum Gasteiger partial charge on any atom is 0.306 e. The van der Waals surface area contributed by atoms with Gasteiger partial charge >= 0.3 is 11.9 Å². The lowest BCUT2D eigenvalue weighted by Gasteiger charge is -2.11. The standard InChI is InChI=1S/C40H71NO4S/c1-3-5-7-9-17-23-29-35-44-39(42)33-27-21-15-11-13-19-25-31-38(41-37-46)32-26-20-14-12-16-22-28-34-40(43)45-36-30-24-18-10-8-6-4-2/h23-24,29-30,38H,3-22,25-28,31-36H2,1-2H3/b29-23-,30-24-. The van der Waals surface area contributed by atoms with E-state index < -0.39 is 0 Å². The van der Waals surface area contributed by atoms with E-state index in [-0.39, 0.29) is 11.9 Å². The molecule has 0 radical (unpaired) electrons. The zero-order valence-corrected chi connectivity index (χ0v) is 30.9. The van der Waals surface area contributed by atoms with Crippen molar-refractivity contribution in [3.05, 3.63) is 24.3 Å². The van der Waals surface area contributed by atoms with Crippen LogP contribution in [0.25, 0.3) is 0 Å². The zero-order valence-electron chi connectivity index (χ0n) is 30.1. The Kier molecular flexibility index (Phi) is 36.2. The molecule has 266 valence electrons. The monoisotopic (exact) mass is 662 g/mol. The molecule has 0 aromatic heterocycles. The SMILES string of the molecule is CCCCCC/C=C\COC(=O)CCCCCCCCCC(CCCCCCCCCC(=O)OC/C=C\CCCCCC)N=C=S. The highest BCUT2D eigenvalue weighted by molar-refractivity contribution is 7.78. The molecular formula is C40H71NO4S. The maximum atomic E-state index is 11.9. The van der Waals surface area contributed by atoms with E-state index in [0.29, 0.717) is 32.1 Å². The van der Waals surface area contributed by atoms with Crippen LogP contribution < -0.4 is 0 Å². The molecule has 46 heavy (non-hydrogen) atoms. The summed E-state index contributed by atoms with van der Waals surface area (Å²) in [6.07, 6.45) is 40.1. The van der Waals surface area contributed by atoms with E-state index in [1.807, 2.05) is 12.2 Å². The van der Waals surface area contributed by atoms with Crippen LogP contribution in [-0.4, -0.2) is 36.4 Å². The van der Waals surface area contributed by atoms with Gasteiger partial charge in [-0.3, -0.25) is 9.59 Å². The minimum Gasteiger partial charge on any atom is -0.461 e. The molecule has 0 aliphatic rings. The number of carbonyl (C=O) groups is 2. The van der Waals surface area contributed by atoms with E-state index >= 15 is 0 Å². The van der Waals surface area contributed by atoms with E-state index in [2.05, 4.69) is 36.2 Å². The van der Waals surface area contributed by atoms with Crippen molar-refractivity contribution in [3.8, 4) is 0 Å². The van der Waals surface area contributed by atoms with Crippen LogP contribution in [0.5, 0.6) is 0 Å². The van der Waals surface area contributed by atoms with Gasteiger partial charge in [0.25, 0.3) is 0 Å². The third-order valence-electron chi connectivity index (χ3n) is 8.53. The first-order chi connectivity index (χ1) is 22.6. The van der Waals surface area contributed by atoms with Crippen LogP contribution in [0.3, 0.4) is 0 Å². The highest BCUT2D eigenvalue weighted by Gasteiger charge is 2.07. The molecule has 0 heterocycles. The maximum absolute atomic E-state index is 11.9. The quantitative estimate of drug-likeness (QED) is 0.0222. The predicted octanol–water partition coefficient (Wildman–Crippen LogP) is 12.6. The highest BCUT2D eigenvalue weighted by Crippen LogP contribution is 2.17. The Morgan fingerprint density at radius 2 is 0.913 bits per heavy atom. The van der Waals surface area contributed by atoms with Gasteiger partial charge in [0.05, 0.1) is 11.2 Å². The molecule has 0 aliphatic carbocycles. The lowest BCUT2D eigenvalue weighted by atomic mass is 10.00. The van der Waals surface area contributed by atoms with Gasteiger partial charge in [0.1, 0.15) is 13.2 Å². The normalized spacial score (nSPS) is 11.5. The molecule has 0 aromatic carbocycles. The third-order valence-corrected chi connectivity index (χ3v) is 8.64. The Morgan fingerprint density at radius 3 is 1.30 bits per heavy atom. The second kappa shape index (κ2) is 37.7. The average molecular weight is 662 g/mol. The summed E-state index contributed by atoms with van der Waals surface area (Å²) in [5.41, 5.74) is 0. The number of hydrogen-bond donors (Lipinski definition) is 0. The van der Waals surface area contributed by atoms with Gasteiger partial charge in [-0.15, -0.1) is 0 Å². The van der Waals surface area contributed by atoms with Crippen molar-refractivity contribution in [2.45, 2.75) is 200 Å². The van der Waals surface area contributed by atoms with Crippen molar-refractivity contribution < 1.29 is 19.1 Å². The van der Waals surface area contributed by atoms with Crippen LogP contribution in [-0.2, 0) is 19.1 Å². The minimum atomic E-state index is -0.0676. The van der Waals surface area contributed by atoms with Crippen molar-refractivity contribution in [2.75, 3.05) is 13.2 Å². The second-order valence-corrected chi connectivity index (χ2v) is 13.1. The fraction of sp³-hybridized carbons (Fsp3) is 0.825. The smallest absolute Gasteiger partial charge is 0.306 e. The van der Waals surface area contributed by atoms with Gasteiger partial charge in [0, 0.05) is 12.8 Å². The molecule has 0 N–H and O–H groups in total. The van der Waals surface area contributed by atoms with Crippen molar-refractivity contribution in [3.63, 3.8) is 0 Å². The number of isothiocyanates is 1. The Morgan fingerprint density at radius 1 is 0.543 bits per heavy atom. The molecule has 0 spiro atoms. The van der Waals surface area contributed by atoms with Gasteiger partial charge in [0.2, 0.25) is 0 Å². The van der Waals surface area contributed by atoms with Gasteiger partial charge in [-0.05, 0) is 63.6 Å². The highest BCUT2D eigenvalue weighted by atomic mass is 32.1. The van der Waals surface area contributed by atoms with Gasteiger partial charge in [-0.2, -0.15) is 0 Å². The van der Waals surface area contributed by atoms with Gasteiger partial charge < -0.3 is 9.47 Å². The molecule has 6 heteroatoms. The average Bonchev–Trinajstić information content (AvgIpc) is 3.05. The Labute approximate surface area is 289 Å². The Hall–Kier alpha value is -1.78. The van der Waals surface area contributed by atoms with E-state index in [1.54, 1.807) is 0 Å². The van der Waals surface area contributed by atoms with Gasteiger partial charge in [0.15, 0.2) is 0 Å². The fourth-order valence-electron chi connectivity index (χ4n) is 5.59. The predicted molar refractivity (Wildman–Crippen MR) is 200 cm³/mol. The Bertz CT molecular complexity index is 734. The van der Waals surface area contributed by atoms with E-state index in [1.165, 1.54) is 116 Å². The number of nitrogens with zero attached hydrogens (tertiary/aromatic N) is 1. The van der Waals surface area contributed by atoms with Gasteiger partial charge in [-0.1, -0.05) is 154 Å². The number of rotatable bonds is 35. The van der Waals surface area contributed by atoms with E-state index in [0.717, 1.165) is 51.4 Å². The van der Waals surface area contributed by atoms with Crippen molar-refractivity contribution in [1.29, 1.82) is 0 Å². The minimum absolute atomic E-state index is 0.0676. The Balaban J connectivity index is 3.57. The molecular weight excluding hydrogens is 591 g/mol. The van der Waals surface area contributed by atoms with E-state index in [4.69, 9.17) is 21.7 Å². The lowest BCUT2D eigenvalue weighted by Crippen LogP contribution is -2.04. The number of aliphatic imine (C=N–C) groups is 1. The number of ether oxygens (including phenoxy) is 2. The first-order valence-electron chi connectivity index (χ1n) is 19.3. The van der Waals surface area contributed by atoms with Crippen LogP contribution >= 0.6 is 12.2 Å². The molecule has 0 aromatic rings.